The van der Waals surface area contributed by atoms with Crippen LogP contribution in [0.2, 0.25) is 0 Å². The van der Waals surface area contributed by atoms with E-state index in [2.05, 4.69) is 20.2 Å². The van der Waals surface area contributed by atoms with Gasteiger partial charge < -0.3 is 18.8 Å². The first kappa shape index (κ1) is 20.1. The zero-order valence-corrected chi connectivity index (χ0v) is 17.9. The Morgan fingerprint density at radius 3 is 2.91 bits per heavy atom. The minimum Gasteiger partial charge on any atom is -0.486 e. The molecule has 0 radical (unpaired) electrons. The molecule has 10 heteroatoms. The van der Waals surface area contributed by atoms with Crippen molar-refractivity contribution in [3.05, 3.63) is 53.3 Å². The van der Waals surface area contributed by atoms with Crippen molar-refractivity contribution in [3.8, 4) is 28.8 Å². The van der Waals surface area contributed by atoms with Crippen LogP contribution >= 0.6 is 0 Å². The van der Waals surface area contributed by atoms with Crippen LogP contribution < -0.4 is 15.0 Å². The molecule has 164 valence electrons. The predicted molar refractivity (Wildman–Crippen MR) is 116 cm³/mol. The van der Waals surface area contributed by atoms with Gasteiger partial charge in [0.15, 0.2) is 23.4 Å². The molecule has 0 saturated heterocycles. The van der Waals surface area contributed by atoms with Crippen LogP contribution in [0.25, 0.3) is 28.2 Å². The summed E-state index contributed by atoms with van der Waals surface area (Å²) in [5.41, 5.74) is 0.879. The number of rotatable bonds is 5. The van der Waals surface area contributed by atoms with Crippen molar-refractivity contribution in [2.45, 2.75) is 26.0 Å². The largest absolute Gasteiger partial charge is 0.486 e. The van der Waals surface area contributed by atoms with Crippen molar-refractivity contribution >= 4 is 10.9 Å². The average Bonchev–Trinajstić information content (AvgIpc) is 3.29. The number of aromatic nitrogens is 6. The monoisotopic (exact) mass is 434 g/mol. The summed E-state index contributed by atoms with van der Waals surface area (Å²) in [7, 11) is 1.61. The first-order valence-electron chi connectivity index (χ1n) is 10.3. The quantitative estimate of drug-likeness (QED) is 0.471. The van der Waals surface area contributed by atoms with Gasteiger partial charge in [0.25, 0.3) is 5.56 Å². The summed E-state index contributed by atoms with van der Waals surface area (Å²) < 4.78 is 20.1. The topological polar surface area (TPSA) is 106 Å². The molecule has 1 aromatic carbocycles. The fourth-order valence-corrected chi connectivity index (χ4v) is 3.65. The standard InChI is InChI=1S/C22H22N6O4/c1-13(2)27-12-24-26-21(27)16-5-4-6-20(25-16)28-11-23-17-8-19-18(7-15(17)22(28)29)31-10-14(32-19)9-30-3/h4-8,11-14H,9-10H2,1-3H3. The highest BCUT2D eigenvalue weighted by atomic mass is 16.6. The van der Waals surface area contributed by atoms with Crippen LogP contribution in [0.1, 0.15) is 19.9 Å². The Kier molecular flexibility index (Phi) is 5.06. The van der Waals surface area contributed by atoms with Crippen molar-refractivity contribution in [3.63, 3.8) is 0 Å². The number of nitrogens with zero attached hydrogens (tertiary/aromatic N) is 6. The minimum absolute atomic E-state index is 0.174. The zero-order valence-electron chi connectivity index (χ0n) is 17.9. The van der Waals surface area contributed by atoms with E-state index in [0.717, 1.165) is 0 Å². The lowest BCUT2D eigenvalue weighted by atomic mass is 10.2. The van der Waals surface area contributed by atoms with E-state index >= 15 is 0 Å². The highest BCUT2D eigenvalue weighted by Crippen LogP contribution is 2.34. The van der Waals surface area contributed by atoms with Gasteiger partial charge in [-0.25, -0.2) is 9.97 Å². The number of hydrogen-bond donors (Lipinski definition) is 0. The van der Waals surface area contributed by atoms with Gasteiger partial charge in [-0.05, 0) is 32.0 Å². The lowest BCUT2D eigenvalue weighted by molar-refractivity contribution is 0.0274. The average molecular weight is 434 g/mol. The van der Waals surface area contributed by atoms with Crippen LogP contribution in [0, 0.1) is 0 Å². The summed E-state index contributed by atoms with van der Waals surface area (Å²) in [5.74, 6) is 2.13. The smallest absolute Gasteiger partial charge is 0.267 e. The molecule has 5 rings (SSSR count). The van der Waals surface area contributed by atoms with E-state index in [1.807, 2.05) is 30.5 Å². The molecule has 0 N–H and O–H groups in total. The molecule has 0 aliphatic carbocycles. The molecule has 4 aromatic rings. The summed E-state index contributed by atoms with van der Waals surface area (Å²) in [4.78, 5) is 22.4. The van der Waals surface area contributed by atoms with Crippen LogP contribution in [-0.4, -0.2) is 55.7 Å². The maximum Gasteiger partial charge on any atom is 0.267 e. The van der Waals surface area contributed by atoms with Gasteiger partial charge in [0.1, 0.15) is 30.8 Å². The molecule has 0 bridgehead atoms. The summed E-state index contributed by atoms with van der Waals surface area (Å²) in [5, 5.41) is 8.60. The van der Waals surface area contributed by atoms with Crippen molar-refractivity contribution in [2.75, 3.05) is 20.3 Å². The number of benzene rings is 1. The SMILES string of the molecule is COCC1COc2cc3c(=O)n(-c4cccc(-c5nncn5C(C)C)n4)cnc3cc2O1. The first-order chi connectivity index (χ1) is 15.5. The van der Waals surface area contributed by atoms with Crippen molar-refractivity contribution in [1.82, 2.24) is 29.3 Å². The highest BCUT2D eigenvalue weighted by molar-refractivity contribution is 5.82. The Morgan fingerprint density at radius 1 is 1.22 bits per heavy atom. The summed E-state index contributed by atoms with van der Waals surface area (Å²) >= 11 is 0. The lowest BCUT2D eigenvalue weighted by Gasteiger charge is -2.26. The Balaban J connectivity index is 1.56. The van der Waals surface area contributed by atoms with Crippen molar-refractivity contribution in [2.24, 2.45) is 0 Å². The number of pyridine rings is 1. The van der Waals surface area contributed by atoms with E-state index in [4.69, 9.17) is 14.2 Å². The molecule has 4 heterocycles. The van der Waals surface area contributed by atoms with Crippen LogP contribution in [0.5, 0.6) is 11.5 Å². The molecule has 0 spiro atoms. The molecule has 1 aliphatic heterocycles. The Hall–Kier alpha value is -3.79. The van der Waals surface area contributed by atoms with Crippen molar-refractivity contribution < 1.29 is 14.2 Å². The molecule has 1 unspecified atom stereocenters. The maximum atomic E-state index is 13.3. The molecule has 0 saturated carbocycles. The minimum atomic E-state index is -0.254. The fourth-order valence-electron chi connectivity index (χ4n) is 3.65. The maximum absolute atomic E-state index is 13.3. The number of fused-ring (bicyclic) bond motifs is 2. The van der Waals surface area contributed by atoms with Gasteiger partial charge >= 0.3 is 0 Å². The van der Waals surface area contributed by atoms with Crippen LogP contribution in [0.4, 0.5) is 0 Å². The second-order valence-electron chi connectivity index (χ2n) is 7.78. The van der Waals surface area contributed by atoms with Gasteiger partial charge in [0.2, 0.25) is 0 Å². The summed E-state index contributed by atoms with van der Waals surface area (Å²) in [6.45, 7) is 4.84. The molecule has 1 atom stereocenters. The van der Waals surface area contributed by atoms with Crippen LogP contribution in [0.15, 0.2) is 47.8 Å². The Labute approximate surface area is 183 Å². The molecule has 32 heavy (non-hydrogen) atoms. The van der Waals surface area contributed by atoms with E-state index in [0.29, 0.717) is 53.0 Å². The predicted octanol–water partition coefficient (Wildman–Crippen LogP) is 2.41. The number of methoxy groups -OCH3 is 1. The number of ether oxygens (including phenoxy) is 3. The summed E-state index contributed by atoms with van der Waals surface area (Å²) in [6.07, 6.45) is 2.93. The molecule has 1 aliphatic rings. The first-order valence-corrected chi connectivity index (χ1v) is 10.3. The van der Waals surface area contributed by atoms with E-state index in [-0.39, 0.29) is 17.7 Å². The third kappa shape index (κ3) is 3.48. The van der Waals surface area contributed by atoms with Gasteiger partial charge in [-0.2, -0.15) is 0 Å². The third-order valence-corrected chi connectivity index (χ3v) is 5.23. The third-order valence-electron chi connectivity index (χ3n) is 5.23. The van der Waals surface area contributed by atoms with Crippen molar-refractivity contribution in [1.29, 1.82) is 0 Å². The van der Waals surface area contributed by atoms with Gasteiger partial charge in [-0.1, -0.05) is 6.07 Å². The van der Waals surface area contributed by atoms with Gasteiger partial charge in [-0.15, -0.1) is 10.2 Å². The van der Waals surface area contributed by atoms with E-state index in [9.17, 15) is 4.79 Å². The molecular weight excluding hydrogens is 412 g/mol. The van der Waals surface area contributed by atoms with Gasteiger partial charge in [-0.3, -0.25) is 9.36 Å². The fraction of sp³-hybridized carbons (Fsp3) is 0.318. The molecular formula is C22H22N6O4. The normalized spacial score (nSPS) is 15.4. The van der Waals surface area contributed by atoms with Crippen LogP contribution in [-0.2, 0) is 4.74 Å². The molecule has 0 fully saturated rings. The molecule has 3 aromatic heterocycles. The van der Waals surface area contributed by atoms with Crippen LogP contribution in [0.3, 0.4) is 0 Å². The van der Waals surface area contributed by atoms with Gasteiger partial charge in [0, 0.05) is 19.2 Å². The number of hydrogen-bond acceptors (Lipinski definition) is 8. The second-order valence-corrected chi connectivity index (χ2v) is 7.78. The molecule has 0 amide bonds. The van der Waals surface area contributed by atoms with E-state index < -0.39 is 0 Å². The Bertz CT molecular complexity index is 1350. The van der Waals surface area contributed by atoms with E-state index in [1.54, 1.807) is 31.6 Å². The van der Waals surface area contributed by atoms with Gasteiger partial charge in [0.05, 0.1) is 17.5 Å². The van der Waals surface area contributed by atoms with E-state index in [1.165, 1.54) is 10.9 Å². The molecule has 10 nitrogen and oxygen atoms in total. The zero-order chi connectivity index (χ0) is 22.2. The lowest BCUT2D eigenvalue weighted by Crippen LogP contribution is -2.33. The summed E-state index contributed by atoms with van der Waals surface area (Å²) in [6, 6.07) is 8.97. The second kappa shape index (κ2) is 8.04. The Morgan fingerprint density at radius 2 is 2.09 bits per heavy atom. The highest BCUT2D eigenvalue weighted by Gasteiger charge is 2.23.